The van der Waals surface area contributed by atoms with E-state index in [1.807, 2.05) is 32.0 Å². The third-order valence-corrected chi connectivity index (χ3v) is 2.76. The summed E-state index contributed by atoms with van der Waals surface area (Å²) in [5.41, 5.74) is 8.54. The van der Waals surface area contributed by atoms with Gasteiger partial charge >= 0.3 is 0 Å². The van der Waals surface area contributed by atoms with E-state index in [1.54, 1.807) is 0 Å². The quantitative estimate of drug-likeness (QED) is 0.580. The first-order valence-electron chi connectivity index (χ1n) is 5.96. The monoisotopic (exact) mass is 265 g/mol. The first kappa shape index (κ1) is 14.4. The Labute approximate surface area is 113 Å². The number of carbonyl (C=O) groups excluding carboxylic acids is 1. The third-order valence-electron chi connectivity index (χ3n) is 2.56. The molecule has 0 bridgehead atoms. The second-order valence-corrected chi connectivity index (χ2v) is 4.58. The van der Waals surface area contributed by atoms with E-state index in [9.17, 15) is 4.79 Å². The largest absolute Gasteiger partial charge is 0.331 e. The molecule has 1 aromatic rings. The lowest BCUT2D eigenvalue weighted by atomic mass is 10.1. The fourth-order valence-electron chi connectivity index (χ4n) is 1.40. The molecule has 0 aliphatic carbocycles. The summed E-state index contributed by atoms with van der Waals surface area (Å²) in [6, 6.07) is 5.98. The van der Waals surface area contributed by atoms with Crippen LogP contribution in [0.25, 0.3) is 0 Å². The van der Waals surface area contributed by atoms with Crippen LogP contribution in [-0.2, 0) is 4.79 Å². The summed E-state index contributed by atoms with van der Waals surface area (Å²) in [6.45, 7) is 6.05. The minimum atomic E-state index is -0.0678. The molecule has 1 amide bonds. The topological polar surface area (TPSA) is 53.2 Å². The van der Waals surface area contributed by atoms with Crippen LogP contribution in [0.2, 0.25) is 0 Å². The molecule has 0 aliphatic heterocycles. The van der Waals surface area contributed by atoms with Crippen LogP contribution in [0, 0.1) is 13.8 Å². The van der Waals surface area contributed by atoms with Crippen molar-refractivity contribution in [2.75, 3.05) is 5.32 Å². The molecule has 0 saturated carbocycles. The lowest BCUT2D eigenvalue weighted by Gasteiger charge is -2.12. The maximum Gasteiger partial charge on any atom is 0.238 e. The van der Waals surface area contributed by atoms with Crippen molar-refractivity contribution in [1.82, 2.24) is 10.9 Å². The zero-order chi connectivity index (χ0) is 13.5. The Kier molecular flexibility index (Phi) is 5.58. The SMILES string of the molecule is CCCC(=O)NNC(=S)Nc1ccc(C)c(C)c1. The predicted molar refractivity (Wildman–Crippen MR) is 78.3 cm³/mol. The van der Waals surface area contributed by atoms with E-state index in [2.05, 4.69) is 23.1 Å². The van der Waals surface area contributed by atoms with Crippen LogP contribution in [-0.4, -0.2) is 11.0 Å². The van der Waals surface area contributed by atoms with Gasteiger partial charge in [-0.05, 0) is 55.7 Å². The predicted octanol–water partition coefficient (Wildman–Crippen LogP) is 2.42. The second kappa shape index (κ2) is 6.96. The summed E-state index contributed by atoms with van der Waals surface area (Å²) in [4.78, 5) is 11.2. The number of rotatable bonds is 3. The van der Waals surface area contributed by atoms with Crippen LogP contribution in [0.4, 0.5) is 5.69 Å². The number of carbonyl (C=O) groups is 1. The second-order valence-electron chi connectivity index (χ2n) is 4.18. The normalized spacial score (nSPS) is 9.72. The number of amides is 1. The minimum absolute atomic E-state index is 0.0678. The molecule has 3 N–H and O–H groups in total. The highest BCUT2D eigenvalue weighted by Gasteiger charge is 2.01. The van der Waals surface area contributed by atoms with Crippen molar-refractivity contribution in [1.29, 1.82) is 0 Å². The van der Waals surface area contributed by atoms with Crippen LogP contribution in [0.15, 0.2) is 18.2 Å². The molecule has 4 nitrogen and oxygen atoms in total. The maximum absolute atomic E-state index is 11.2. The Morgan fingerprint density at radius 3 is 2.56 bits per heavy atom. The molecule has 0 unspecified atom stereocenters. The Bertz CT molecular complexity index is 446. The van der Waals surface area contributed by atoms with Crippen molar-refractivity contribution < 1.29 is 4.79 Å². The molecular weight excluding hydrogens is 246 g/mol. The van der Waals surface area contributed by atoms with Gasteiger partial charge in [-0.15, -0.1) is 0 Å². The molecule has 18 heavy (non-hydrogen) atoms. The summed E-state index contributed by atoms with van der Waals surface area (Å²) in [6.07, 6.45) is 1.30. The summed E-state index contributed by atoms with van der Waals surface area (Å²) >= 11 is 5.08. The Hall–Kier alpha value is -1.62. The number of hydrazine groups is 1. The molecular formula is C13H19N3OS. The highest BCUT2D eigenvalue weighted by molar-refractivity contribution is 7.80. The molecule has 98 valence electrons. The standard InChI is InChI=1S/C13H19N3OS/c1-4-5-12(17)15-16-13(18)14-11-7-6-9(2)10(3)8-11/h6-8H,4-5H2,1-3H3,(H,15,17)(H2,14,16,18). The van der Waals surface area contributed by atoms with Gasteiger partial charge in [-0.25, -0.2) is 0 Å². The molecule has 0 saturated heterocycles. The number of hydrogen-bond donors (Lipinski definition) is 3. The molecule has 0 fully saturated rings. The maximum atomic E-state index is 11.2. The summed E-state index contributed by atoms with van der Waals surface area (Å²) in [5.74, 6) is -0.0678. The van der Waals surface area contributed by atoms with Crippen molar-refractivity contribution >= 4 is 28.9 Å². The zero-order valence-corrected chi connectivity index (χ0v) is 11.8. The molecule has 0 radical (unpaired) electrons. The van der Waals surface area contributed by atoms with E-state index in [4.69, 9.17) is 12.2 Å². The number of anilines is 1. The smallest absolute Gasteiger partial charge is 0.238 e. The highest BCUT2D eigenvalue weighted by atomic mass is 32.1. The van der Waals surface area contributed by atoms with Crippen LogP contribution in [0.5, 0.6) is 0 Å². The van der Waals surface area contributed by atoms with Gasteiger partial charge in [0.05, 0.1) is 0 Å². The van der Waals surface area contributed by atoms with Gasteiger partial charge in [0.2, 0.25) is 5.91 Å². The van der Waals surface area contributed by atoms with Crippen LogP contribution >= 0.6 is 12.2 Å². The Morgan fingerprint density at radius 1 is 1.22 bits per heavy atom. The third kappa shape index (κ3) is 4.71. The fraction of sp³-hybridized carbons (Fsp3) is 0.385. The Balaban J connectivity index is 2.44. The summed E-state index contributed by atoms with van der Waals surface area (Å²) in [5, 5.41) is 3.39. The molecule has 5 heteroatoms. The summed E-state index contributed by atoms with van der Waals surface area (Å²) < 4.78 is 0. The van der Waals surface area contributed by atoms with Gasteiger partial charge in [0.15, 0.2) is 5.11 Å². The average molecular weight is 265 g/mol. The van der Waals surface area contributed by atoms with Gasteiger partial charge in [-0.3, -0.25) is 15.6 Å². The van der Waals surface area contributed by atoms with Crippen molar-refractivity contribution in [2.45, 2.75) is 33.6 Å². The van der Waals surface area contributed by atoms with Gasteiger partial charge < -0.3 is 5.32 Å². The van der Waals surface area contributed by atoms with E-state index in [0.717, 1.165) is 12.1 Å². The van der Waals surface area contributed by atoms with Gasteiger partial charge in [-0.1, -0.05) is 13.0 Å². The van der Waals surface area contributed by atoms with E-state index in [0.29, 0.717) is 11.5 Å². The van der Waals surface area contributed by atoms with Crippen molar-refractivity contribution in [2.24, 2.45) is 0 Å². The van der Waals surface area contributed by atoms with E-state index < -0.39 is 0 Å². The van der Waals surface area contributed by atoms with Gasteiger partial charge in [0, 0.05) is 12.1 Å². The lowest BCUT2D eigenvalue weighted by molar-refractivity contribution is -0.121. The summed E-state index contributed by atoms with van der Waals surface area (Å²) in [7, 11) is 0. The zero-order valence-electron chi connectivity index (χ0n) is 11.0. The molecule has 0 aromatic heterocycles. The van der Waals surface area contributed by atoms with Crippen LogP contribution < -0.4 is 16.2 Å². The molecule has 1 rings (SSSR count). The molecule has 0 spiro atoms. The van der Waals surface area contributed by atoms with E-state index in [-0.39, 0.29) is 5.91 Å². The molecule has 0 aliphatic rings. The van der Waals surface area contributed by atoms with Crippen LogP contribution in [0.1, 0.15) is 30.9 Å². The van der Waals surface area contributed by atoms with Gasteiger partial charge in [0.1, 0.15) is 0 Å². The Morgan fingerprint density at radius 2 is 1.94 bits per heavy atom. The highest BCUT2D eigenvalue weighted by Crippen LogP contribution is 2.13. The molecule has 1 aromatic carbocycles. The fourth-order valence-corrected chi connectivity index (χ4v) is 1.57. The molecule has 0 heterocycles. The number of thiocarbonyl (C=S) groups is 1. The van der Waals surface area contributed by atoms with Gasteiger partial charge in [-0.2, -0.15) is 0 Å². The number of nitrogens with one attached hydrogen (secondary N) is 3. The first-order valence-corrected chi connectivity index (χ1v) is 6.37. The first-order chi connectivity index (χ1) is 8.52. The van der Waals surface area contributed by atoms with E-state index >= 15 is 0 Å². The van der Waals surface area contributed by atoms with Crippen LogP contribution in [0.3, 0.4) is 0 Å². The van der Waals surface area contributed by atoms with Crippen molar-refractivity contribution in [3.8, 4) is 0 Å². The van der Waals surface area contributed by atoms with Crippen molar-refractivity contribution in [3.63, 3.8) is 0 Å². The van der Waals surface area contributed by atoms with Crippen molar-refractivity contribution in [3.05, 3.63) is 29.3 Å². The average Bonchev–Trinajstić information content (AvgIpc) is 2.32. The number of aryl methyl sites for hydroxylation is 2. The lowest BCUT2D eigenvalue weighted by Crippen LogP contribution is -2.43. The number of benzene rings is 1. The van der Waals surface area contributed by atoms with E-state index in [1.165, 1.54) is 11.1 Å². The minimum Gasteiger partial charge on any atom is -0.331 e. The molecule has 0 atom stereocenters. The number of hydrogen-bond acceptors (Lipinski definition) is 2. The van der Waals surface area contributed by atoms with Gasteiger partial charge in [0.25, 0.3) is 0 Å².